The van der Waals surface area contributed by atoms with Crippen molar-refractivity contribution in [2.75, 3.05) is 0 Å². The molecule has 1 fully saturated rings. The topological polar surface area (TPSA) is 98.2 Å². The van der Waals surface area contributed by atoms with E-state index in [1.54, 1.807) is 17.6 Å². The second-order valence-electron chi connectivity index (χ2n) is 7.90. The Morgan fingerprint density at radius 2 is 1.97 bits per heavy atom. The van der Waals surface area contributed by atoms with Gasteiger partial charge < -0.3 is 9.84 Å². The fourth-order valence-corrected chi connectivity index (χ4v) is 3.42. The Hall–Kier alpha value is -3.55. The van der Waals surface area contributed by atoms with E-state index in [-0.39, 0.29) is 5.91 Å². The summed E-state index contributed by atoms with van der Waals surface area (Å²) in [5.74, 6) is 1.93. The maximum Gasteiger partial charge on any atom is 0.253 e. The maximum absolute atomic E-state index is 13.0. The number of hydrogen-bond acceptors (Lipinski definition) is 6. The fraction of sp³-hybridized carbons (Fsp3) is 0.318. The van der Waals surface area contributed by atoms with Gasteiger partial charge in [0.25, 0.3) is 5.91 Å². The van der Waals surface area contributed by atoms with E-state index in [1.807, 2.05) is 32.0 Å². The predicted molar refractivity (Wildman–Crippen MR) is 110 cm³/mol. The summed E-state index contributed by atoms with van der Waals surface area (Å²) in [5, 5.41) is 11.4. The van der Waals surface area contributed by atoms with Gasteiger partial charge in [-0.1, -0.05) is 35.0 Å². The van der Waals surface area contributed by atoms with Gasteiger partial charge >= 0.3 is 0 Å². The Morgan fingerprint density at radius 1 is 1.20 bits per heavy atom. The molecule has 152 valence electrons. The zero-order valence-corrected chi connectivity index (χ0v) is 17.1. The molecule has 8 heteroatoms. The van der Waals surface area contributed by atoms with Crippen LogP contribution in [0, 0.1) is 13.8 Å². The van der Waals surface area contributed by atoms with E-state index < -0.39 is 6.04 Å². The quantitative estimate of drug-likeness (QED) is 0.546. The number of aromatic nitrogens is 5. The van der Waals surface area contributed by atoms with Gasteiger partial charge in [0.05, 0.1) is 5.56 Å². The minimum absolute atomic E-state index is 0.239. The van der Waals surface area contributed by atoms with Crippen molar-refractivity contribution in [3.8, 4) is 11.1 Å². The molecule has 1 amide bonds. The molecule has 4 aromatic rings. The molecule has 0 radical (unpaired) electrons. The Bertz CT molecular complexity index is 1240. The second-order valence-corrected chi connectivity index (χ2v) is 7.90. The van der Waals surface area contributed by atoms with Crippen LogP contribution in [0.25, 0.3) is 16.8 Å². The van der Waals surface area contributed by atoms with E-state index in [9.17, 15) is 4.79 Å². The van der Waals surface area contributed by atoms with E-state index in [4.69, 9.17) is 9.51 Å². The molecular formula is C22H22N6O2. The molecule has 0 unspecified atom stereocenters. The first-order valence-electron chi connectivity index (χ1n) is 10.1. The number of nitrogens with zero attached hydrogens (tertiary/aromatic N) is 5. The number of amides is 1. The van der Waals surface area contributed by atoms with Crippen molar-refractivity contribution in [3.63, 3.8) is 0 Å². The van der Waals surface area contributed by atoms with Crippen molar-refractivity contribution < 1.29 is 9.32 Å². The normalized spacial score (nSPS) is 14.8. The van der Waals surface area contributed by atoms with Gasteiger partial charge in [0, 0.05) is 17.7 Å². The predicted octanol–water partition coefficient (Wildman–Crippen LogP) is 3.76. The van der Waals surface area contributed by atoms with Gasteiger partial charge in [0.15, 0.2) is 17.3 Å². The number of fused-ring (bicyclic) bond motifs is 1. The van der Waals surface area contributed by atoms with Crippen molar-refractivity contribution >= 4 is 11.6 Å². The second kappa shape index (κ2) is 7.05. The van der Waals surface area contributed by atoms with Crippen molar-refractivity contribution in [1.29, 1.82) is 0 Å². The van der Waals surface area contributed by atoms with Crippen LogP contribution < -0.4 is 5.32 Å². The SMILES string of the molecule is Cc1ccc(-c2cc(C(=O)N[C@H](C)c3nc(C)no3)cn3nc(C4CC4)nc23)cc1. The molecule has 3 heterocycles. The Morgan fingerprint density at radius 3 is 2.63 bits per heavy atom. The van der Waals surface area contributed by atoms with Gasteiger partial charge in [-0.15, -0.1) is 0 Å². The highest BCUT2D eigenvalue weighted by Crippen LogP contribution is 2.39. The number of benzene rings is 1. The standard InChI is InChI=1S/C22H22N6O2/c1-12-4-6-15(7-5-12)18-10-17(11-28-20(18)25-19(26-28)16-8-9-16)21(29)23-13(2)22-24-14(3)27-30-22/h4-7,10-11,13,16H,8-9H2,1-3H3,(H,23,29)/t13-/m1/s1. The molecule has 1 atom stereocenters. The summed E-state index contributed by atoms with van der Waals surface area (Å²) in [6, 6.07) is 9.65. The summed E-state index contributed by atoms with van der Waals surface area (Å²) in [6.45, 7) is 5.60. The lowest BCUT2D eigenvalue weighted by Crippen LogP contribution is -2.27. The largest absolute Gasteiger partial charge is 0.340 e. The Labute approximate surface area is 173 Å². The molecule has 1 aliphatic carbocycles. The third-order valence-corrected chi connectivity index (χ3v) is 5.28. The van der Waals surface area contributed by atoms with Crippen molar-refractivity contribution in [2.24, 2.45) is 0 Å². The molecule has 0 aliphatic heterocycles. The first kappa shape index (κ1) is 18.5. The van der Waals surface area contributed by atoms with Crippen molar-refractivity contribution in [3.05, 3.63) is 65.2 Å². The number of hydrogen-bond donors (Lipinski definition) is 1. The Kier molecular flexibility index (Phi) is 4.34. The minimum Gasteiger partial charge on any atom is -0.340 e. The number of aryl methyl sites for hydroxylation is 2. The molecule has 0 saturated heterocycles. The number of carbonyl (C=O) groups is 1. The van der Waals surface area contributed by atoms with Crippen LogP contribution in [-0.4, -0.2) is 30.6 Å². The number of pyridine rings is 1. The lowest BCUT2D eigenvalue weighted by atomic mass is 10.0. The zero-order chi connectivity index (χ0) is 20.8. The average Bonchev–Trinajstić information content (AvgIpc) is 3.34. The summed E-state index contributed by atoms with van der Waals surface area (Å²) in [7, 11) is 0. The number of rotatable bonds is 5. The third kappa shape index (κ3) is 3.45. The molecule has 0 spiro atoms. The van der Waals surface area contributed by atoms with Crippen molar-refractivity contribution in [1.82, 2.24) is 30.1 Å². The zero-order valence-electron chi connectivity index (χ0n) is 17.1. The summed E-state index contributed by atoms with van der Waals surface area (Å²) in [6.07, 6.45) is 3.96. The van der Waals surface area contributed by atoms with E-state index in [0.717, 1.165) is 35.4 Å². The van der Waals surface area contributed by atoms with Gasteiger partial charge in [0.2, 0.25) is 5.89 Å². The smallest absolute Gasteiger partial charge is 0.253 e. The minimum atomic E-state index is -0.407. The van der Waals surface area contributed by atoms with E-state index in [0.29, 0.717) is 23.2 Å². The van der Waals surface area contributed by atoms with Gasteiger partial charge in [-0.25, -0.2) is 9.50 Å². The molecular weight excluding hydrogens is 380 g/mol. The monoisotopic (exact) mass is 402 g/mol. The number of carbonyl (C=O) groups excluding carboxylic acids is 1. The summed E-state index contributed by atoms with van der Waals surface area (Å²) < 4.78 is 6.89. The molecule has 5 rings (SSSR count). The molecule has 1 aromatic carbocycles. The Balaban J connectivity index is 1.54. The van der Waals surface area contributed by atoms with Crippen LogP contribution in [0.3, 0.4) is 0 Å². The third-order valence-electron chi connectivity index (χ3n) is 5.28. The van der Waals surface area contributed by atoms with E-state index in [2.05, 4.69) is 32.7 Å². The molecule has 3 aromatic heterocycles. The molecule has 1 aliphatic rings. The molecule has 0 bridgehead atoms. The van der Waals surface area contributed by atoms with Crippen LogP contribution in [0.15, 0.2) is 41.1 Å². The summed E-state index contributed by atoms with van der Waals surface area (Å²) in [4.78, 5) is 22.0. The van der Waals surface area contributed by atoms with Gasteiger partial charge in [-0.3, -0.25) is 4.79 Å². The number of nitrogens with one attached hydrogen (secondary N) is 1. The van der Waals surface area contributed by atoms with Crippen LogP contribution in [0.5, 0.6) is 0 Å². The lowest BCUT2D eigenvalue weighted by molar-refractivity contribution is 0.0932. The summed E-state index contributed by atoms with van der Waals surface area (Å²) in [5.41, 5.74) is 4.30. The van der Waals surface area contributed by atoms with E-state index >= 15 is 0 Å². The molecule has 1 saturated carbocycles. The van der Waals surface area contributed by atoms with E-state index in [1.165, 1.54) is 5.56 Å². The lowest BCUT2D eigenvalue weighted by Gasteiger charge is -2.11. The first-order chi connectivity index (χ1) is 14.5. The average molecular weight is 402 g/mol. The van der Waals surface area contributed by atoms with Gasteiger partial charge in [0.1, 0.15) is 6.04 Å². The summed E-state index contributed by atoms with van der Waals surface area (Å²) >= 11 is 0. The van der Waals surface area contributed by atoms with Crippen LogP contribution in [0.4, 0.5) is 0 Å². The van der Waals surface area contributed by atoms with Crippen LogP contribution >= 0.6 is 0 Å². The van der Waals surface area contributed by atoms with Gasteiger partial charge in [-0.2, -0.15) is 10.1 Å². The first-order valence-corrected chi connectivity index (χ1v) is 10.1. The maximum atomic E-state index is 13.0. The highest BCUT2D eigenvalue weighted by molar-refractivity contribution is 5.96. The molecule has 30 heavy (non-hydrogen) atoms. The highest BCUT2D eigenvalue weighted by atomic mass is 16.5. The highest BCUT2D eigenvalue weighted by Gasteiger charge is 2.29. The molecule has 8 nitrogen and oxygen atoms in total. The van der Waals surface area contributed by atoms with Crippen LogP contribution in [-0.2, 0) is 0 Å². The molecule has 1 N–H and O–H groups in total. The van der Waals surface area contributed by atoms with Crippen LogP contribution in [0.2, 0.25) is 0 Å². The van der Waals surface area contributed by atoms with Crippen LogP contribution in [0.1, 0.15) is 65.2 Å². The fourth-order valence-electron chi connectivity index (χ4n) is 3.42. The van der Waals surface area contributed by atoms with Gasteiger partial charge in [-0.05, 0) is 45.2 Å². The van der Waals surface area contributed by atoms with Crippen molar-refractivity contribution in [2.45, 2.75) is 45.6 Å².